The molecule has 0 aliphatic rings. The molecule has 0 aliphatic carbocycles. The molecule has 0 rings (SSSR count). The molecule has 0 radical (unpaired) electrons. The topological polar surface area (TPSA) is 12.0 Å². The molecule has 128 valence electrons. The predicted octanol–water partition coefficient (Wildman–Crippen LogP) is 7.07. The Hall–Kier alpha value is 0.310. The van der Waals surface area contributed by atoms with E-state index in [2.05, 4.69) is 31.4 Å². The number of hydrogen-bond donors (Lipinski definition) is 2. The van der Waals surface area contributed by atoms with E-state index in [-0.39, 0.29) is 0 Å². The van der Waals surface area contributed by atoms with E-state index in [1.807, 2.05) is 0 Å². The van der Waals surface area contributed by atoms with Crippen molar-refractivity contribution in [2.75, 3.05) is 0 Å². The molecule has 21 heavy (non-hydrogen) atoms. The maximum Gasteiger partial charge on any atom is 0.0141 e. The number of nitrogens with one attached hydrogen (secondary N) is 1. The fraction of sp³-hybridized carbons (Fsp3) is 1.00. The molecule has 0 spiro atoms. The second-order valence-electron chi connectivity index (χ2n) is 6.77. The van der Waals surface area contributed by atoms with Crippen molar-refractivity contribution in [3.63, 3.8) is 0 Å². The van der Waals surface area contributed by atoms with Gasteiger partial charge < -0.3 is 0 Å². The predicted molar refractivity (Wildman–Crippen MR) is 101 cm³/mol. The van der Waals surface area contributed by atoms with Crippen LogP contribution in [0.5, 0.6) is 0 Å². The van der Waals surface area contributed by atoms with Gasteiger partial charge in [0, 0.05) is 6.04 Å². The maximum atomic E-state index is 4.09. The van der Waals surface area contributed by atoms with E-state index in [1.54, 1.807) is 0 Å². The van der Waals surface area contributed by atoms with Gasteiger partial charge in [0.05, 0.1) is 0 Å². The summed E-state index contributed by atoms with van der Waals surface area (Å²) in [6, 6.07) is 0.565. The Morgan fingerprint density at radius 2 is 0.952 bits per heavy atom. The van der Waals surface area contributed by atoms with Crippen LogP contribution < -0.4 is 4.72 Å². The van der Waals surface area contributed by atoms with E-state index in [0.29, 0.717) is 6.04 Å². The molecule has 0 heterocycles. The van der Waals surface area contributed by atoms with Crippen LogP contribution in [0.15, 0.2) is 0 Å². The molecule has 1 atom stereocenters. The summed E-state index contributed by atoms with van der Waals surface area (Å²) in [5.74, 6) is 0. The number of unbranched alkanes of at least 4 members (excludes halogenated alkanes) is 14. The minimum atomic E-state index is 0.565. The van der Waals surface area contributed by atoms with Gasteiger partial charge in [-0.05, 0) is 13.3 Å². The maximum absolute atomic E-state index is 4.09. The highest BCUT2D eigenvalue weighted by Gasteiger charge is 1.98. The molecular weight excluding hydrogens is 274 g/mol. The van der Waals surface area contributed by atoms with Crippen molar-refractivity contribution in [3.8, 4) is 0 Å². The van der Waals surface area contributed by atoms with Crippen molar-refractivity contribution >= 4 is 12.8 Å². The summed E-state index contributed by atoms with van der Waals surface area (Å²) in [5, 5.41) is 0. The van der Waals surface area contributed by atoms with Gasteiger partial charge in [-0.1, -0.05) is 116 Å². The molecule has 2 heteroatoms. The van der Waals surface area contributed by atoms with Crippen LogP contribution in [0, 0.1) is 0 Å². The lowest BCUT2D eigenvalue weighted by atomic mass is 10.0. The van der Waals surface area contributed by atoms with Gasteiger partial charge in [-0.25, -0.2) is 0 Å². The summed E-state index contributed by atoms with van der Waals surface area (Å²) in [6.45, 7) is 4.50. The second kappa shape index (κ2) is 18.4. The van der Waals surface area contributed by atoms with Crippen molar-refractivity contribution in [1.82, 2.24) is 4.72 Å². The molecule has 0 saturated heterocycles. The van der Waals surface area contributed by atoms with Crippen LogP contribution >= 0.6 is 12.8 Å². The van der Waals surface area contributed by atoms with Crippen molar-refractivity contribution < 1.29 is 0 Å². The minimum absolute atomic E-state index is 0.565. The lowest BCUT2D eigenvalue weighted by Crippen LogP contribution is -2.15. The zero-order chi connectivity index (χ0) is 15.6. The Balaban J connectivity index is 2.96. The van der Waals surface area contributed by atoms with Gasteiger partial charge in [0.25, 0.3) is 0 Å². The quantitative estimate of drug-likeness (QED) is 0.216. The average molecular weight is 316 g/mol. The Kier molecular flexibility index (Phi) is 18.6. The molecule has 1 unspecified atom stereocenters. The molecule has 0 aromatic carbocycles. The van der Waals surface area contributed by atoms with Gasteiger partial charge in [0.15, 0.2) is 0 Å². The van der Waals surface area contributed by atoms with Crippen LogP contribution in [0.3, 0.4) is 0 Å². The molecule has 1 N–H and O–H groups in total. The normalized spacial score (nSPS) is 12.7. The van der Waals surface area contributed by atoms with Gasteiger partial charge >= 0.3 is 0 Å². The molecule has 0 amide bonds. The van der Waals surface area contributed by atoms with Crippen molar-refractivity contribution in [2.45, 2.75) is 123 Å². The Bertz CT molecular complexity index is 184. The van der Waals surface area contributed by atoms with Gasteiger partial charge in [-0.15, -0.1) is 0 Å². The molecule has 0 fully saturated rings. The van der Waals surface area contributed by atoms with E-state index >= 15 is 0 Å². The largest absolute Gasteiger partial charge is 0.264 e. The molecule has 0 aromatic rings. The monoisotopic (exact) mass is 315 g/mol. The molecular formula is C19H41NS. The lowest BCUT2D eigenvalue weighted by molar-refractivity contribution is 0.517. The van der Waals surface area contributed by atoms with Crippen LogP contribution in [-0.2, 0) is 0 Å². The summed E-state index contributed by atoms with van der Waals surface area (Å²) in [6.07, 6.45) is 22.9. The van der Waals surface area contributed by atoms with E-state index in [9.17, 15) is 0 Å². The van der Waals surface area contributed by atoms with Gasteiger partial charge in [-0.3, -0.25) is 4.72 Å². The lowest BCUT2D eigenvalue weighted by Gasteiger charge is -2.08. The summed E-state index contributed by atoms with van der Waals surface area (Å²) in [7, 11) is 0. The van der Waals surface area contributed by atoms with Crippen LogP contribution in [0.25, 0.3) is 0 Å². The first kappa shape index (κ1) is 21.3. The molecule has 0 aliphatic heterocycles. The Morgan fingerprint density at radius 3 is 1.29 bits per heavy atom. The van der Waals surface area contributed by atoms with E-state index < -0.39 is 0 Å². The zero-order valence-corrected chi connectivity index (χ0v) is 15.7. The third-order valence-corrected chi connectivity index (χ3v) is 4.90. The van der Waals surface area contributed by atoms with E-state index in [0.717, 1.165) is 0 Å². The van der Waals surface area contributed by atoms with E-state index in [4.69, 9.17) is 0 Å². The van der Waals surface area contributed by atoms with Crippen LogP contribution in [0.2, 0.25) is 0 Å². The summed E-state index contributed by atoms with van der Waals surface area (Å²) < 4.78 is 3.01. The fourth-order valence-electron chi connectivity index (χ4n) is 2.89. The highest BCUT2D eigenvalue weighted by atomic mass is 32.1. The Labute approximate surface area is 140 Å². The Morgan fingerprint density at radius 1 is 0.619 bits per heavy atom. The first-order valence-electron chi connectivity index (χ1n) is 9.70. The standard InChI is InChI=1S/C19H41NS/c1-3-4-5-6-7-8-9-10-11-12-13-14-15-16-17-18-19(2)20-21/h19-21H,3-18H2,1-2H3. The zero-order valence-electron chi connectivity index (χ0n) is 14.8. The van der Waals surface area contributed by atoms with Gasteiger partial charge in [-0.2, -0.15) is 0 Å². The number of rotatable bonds is 17. The number of thiol groups is 1. The molecule has 0 saturated carbocycles. The smallest absolute Gasteiger partial charge is 0.0141 e. The van der Waals surface area contributed by atoms with Crippen molar-refractivity contribution in [2.24, 2.45) is 0 Å². The molecule has 0 aromatic heterocycles. The highest BCUT2D eigenvalue weighted by molar-refractivity contribution is 7.78. The van der Waals surface area contributed by atoms with Crippen molar-refractivity contribution in [3.05, 3.63) is 0 Å². The van der Waals surface area contributed by atoms with Crippen LogP contribution in [0.4, 0.5) is 0 Å². The molecule has 0 bridgehead atoms. The highest BCUT2D eigenvalue weighted by Crippen LogP contribution is 2.14. The third-order valence-electron chi connectivity index (χ3n) is 4.46. The SMILES string of the molecule is CCCCCCCCCCCCCCCCCC(C)NS. The summed E-state index contributed by atoms with van der Waals surface area (Å²) in [4.78, 5) is 0. The third kappa shape index (κ3) is 18.3. The summed E-state index contributed by atoms with van der Waals surface area (Å²) >= 11 is 4.09. The second-order valence-corrected chi connectivity index (χ2v) is 7.03. The van der Waals surface area contributed by atoms with Crippen LogP contribution in [0.1, 0.15) is 117 Å². The van der Waals surface area contributed by atoms with E-state index in [1.165, 1.54) is 103 Å². The fourth-order valence-corrected chi connectivity index (χ4v) is 3.02. The minimum Gasteiger partial charge on any atom is -0.264 e. The van der Waals surface area contributed by atoms with Gasteiger partial charge in [0.2, 0.25) is 0 Å². The first-order chi connectivity index (χ1) is 10.3. The average Bonchev–Trinajstić information content (AvgIpc) is 2.50. The summed E-state index contributed by atoms with van der Waals surface area (Å²) in [5.41, 5.74) is 0. The molecule has 1 nitrogen and oxygen atoms in total. The first-order valence-corrected chi connectivity index (χ1v) is 10.2. The number of hydrogen-bond acceptors (Lipinski definition) is 2. The van der Waals surface area contributed by atoms with Crippen molar-refractivity contribution in [1.29, 1.82) is 0 Å². The van der Waals surface area contributed by atoms with Crippen LogP contribution in [-0.4, -0.2) is 6.04 Å². The van der Waals surface area contributed by atoms with Gasteiger partial charge in [0.1, 0.15) is 0 Å².